The number of rotatable bonds is 9. The number of nitrogens with one attached hydrogen (secondary N) is 1. The van der Waals surface area contributed by atoms with Crippen LogP contribution in [0.3, 0.4) is 0 Å². The molecule has 180 valence electrons. The Morgan fingerprint density at radius 2 is 1.85 bits per heavy atom. The van der Waals surface area contributed by atoms with Gasteiger partial charge >= 0.3 is 0 Å². The van der Waals surface area contributed by atoms with Gasteiger partial charge in [-0.2, -0.15) is 4.31 Å². The van der Waals surface area contributed by atoms with Gasteiger partial charge in [-0.05, 0) is 57.1 Å². The lowest BCUT2D eigenvalue weighted by Gasteiger charge is -2.27. The normalized spacial score (nSPS) is 15.9. The molecule has 8 nitrogen and oxygen atoms in total. The van der Waals surface area contributed by atoms with E-state index in [4.69, 9.17) is 9.47 Å². The largest absolute Gasteiger partial charge is 0.492 e. The first-order valence-electron chi connectivity index (χ1n) is 11.1. The molecule has 1 heterocycles. The van der Waals surface area contributed by atoms with Gasteiger partial charge in [0.25, 0.3) is 0 Å². The molecule has 3 rings (SSSR count). The van der Waals surface area contributed by atoms with Crippen LogP contribution >= 0.6 is 0 Å². The van der Waals surface area contributed by atoms with E-state index >= 15 is 0 Å². The van der Waals surface area contributed by atoms with E-state index in [1.165, 1.54) is 10.4 Å². The maximum atomic E-state index is 13.1. The van der Waals surface area contributed by atoms with Crippen LogP contribution in [0.2, 0.25) is 0 Å². The Balaban J connectivity index is 1.61. The van der Waals surface area contributed by atoms with Crippen molar-refractivity contribution in [1.82, 2.24) is 9.21 Å². The topological polar surface area (TPSA) is 88.2 Å². The summed E-state index contributed by atoms with van der Waals surface area (Å²) in [4.78, 5) is 14.9. The summed E-state index contributed by atoms with van der Waals surface area (Å²) in [6, 6.07) is 12.3. The summed E-state index contributed by atoms with van der Waals surface area (Å²) in [7, 11) is -1.80. The summed E-state index contributed by atoms with van der Waals surface area (Å²) in [5, 5.41) is 2.85. The molecule has 2 aromatic carbocycles. The molecule has 0 saturated carbocycles. The van der Waals surface area contributed by atoms with Gasteiger partial charge in [0.15, 0.2) is 0 Å². The predicted molar refractivity (Wildman–Crippen MR) is 128 cm³/mol. The third-order valence-corrected chi connectivity index (χ3v) is 7.92. The van der Waals surface area contributed by atoms with Crippen LogP contribution in [-0.2, 0) is 19.6 Å². The standard InChI is InChI=1S/C24H33N3O5S/c1-18-7-5-6-8-22(18)32-16-11-26(4)20(3)24(28)25-21-10-9-19(2)23(17-21)33(29,30)27-12-14-31-15-13-27/h5-10,17,20H,11-16H2,1-4H3,(H,25,28). The number of para-hydroxylation sites is 1. The highest BCUT2D eigenvalue weighted by Gasteiger charge is 2.28. The molecule has 2 aromatic rings. The number of nitrogens with zero attached hydrogens (tertiary/aromatic N) is 2. The Bertz CT molecular complexity index is 1070. The number of likely N-dealkylation sites (N-methyl/N-ethyl adjacent to an activating group) is 1. The summed E-state index contributed by atoms with van der Waals surface area (Å²) >= 11 is 0. The molecule has 9 heteroatoms. The van der Waals surface area contributed by atoms with Crippen LogP contribution in [0.25, 0.3) is 0 Å². The minimum absolute atomic E-state index is 0.204. The van der Waals surface area contributed by atoms with Crippen LogP contribution in [0.1, 0.15) is 18.1 Å². The molecule has 33 heavy (non-hydrogen) atoms. The monoisotopic (exact) mass is 475 g/mol. The maximum absolute atomic E-state index is 13.1. The number of hydrogen-bond donors (Lipinski definition) is 1. The van der Waals surface area contributed by atoms with Crippen molar-refractivity contribution in [3.05, 3.63) is 53.6 Å². The van der Waals surface area contributed by atoms with Gasteiger partial charge in [-0.3, -0.25) is 9.69 Å². The second kappa shape index (κ2) is 11.1. The lowest BCUT2D eigenvalue weighted by molar-refractivity contribution is -0.120. The van der Waals surface area contributed by atoms with E-state index in [9.17, 15) is 13.2 Å². The van der Waals surface area contributed by atoms with Gasteiger partial charge in [0, 0.05) is 25.3 Å². The van der Waals surface area contributed by atoms with Gasteiger partial charge in [-0.15, -0.1) is 0 Å². The van der Waals surface area contributed by atoms with E-state index in [0.717, 1.165) is 11.3 Å². The zero-order valence-corrected chi connectivity index (χ0v) is 20.5. The van der Waals surface area contributed by atoms with Crippen molar-refractivity contribution >= 4 is 21.6 Å². The minimum Gasteiger partial charge on any atom is -0.492 e. The zero-order valence-electron chi connectivity index (χ0n) is 19.7. The van der Waals surface area contributed by atoms with Crippen LogP contribution in [0.4, 0.5) is 5.69 Å². The molecule has 1 fully saturated rings. The maximum Gasteiger partial charge on any atom is 0.243 e. The number of amides is 1. The molecule has 0 spiro atoms. The first-order valence-corrected chi connectivity index (χ1v) is 12.5. The lowest BCUT2D eigenvalue weighted by Crippen LogP contribution is -2.41. The molecule has 1 saturated heterocycles. The van der Waals surface area contributed by atoms with Crippen LogP contribution in [0.15, 0.2) is 47.4 Å². The number of ether oxygens (including phenoxy) is 2. The number of benzene rings is 2. The third-order valence-electron chi connectivity index (χ3n) is 5.88. The fraction of sp³-hybridized carbons (Fsp3) is 0.458. The number of anilines is 1. The first-order chi connectivity index (χ1) is 15.7. The molecule has 0 aromatic heterocycles. The smallest absolute Gasteiger partial charge is 0.243 e. The summed E-state index contributed by atoms with van der Waals surface area (Å²) in [5.41, 5.74) is 2.15. The van der Waals surface area contributed by atoms with E-state index < -0.39 is 16.1 Å². The highest BCUT2D eigenvalue weighted by atomic mass is 32.2. The van der Waals surface area contributed by atoms with Gasteiger partial charge < -0.3 is 14.8 Å². The van der Waals surface area contributed by atoms with E-state index in [0.29, 0.717) is 50.7 Å². The SMILES string of the molecule is Cc1ccccc1OCCN(C)C(C)C(=O)Nc1ccc(C)c(S(=O)(=O)N2CCOCC2)c1. The van der Waals surface area contributed by atoms with Gasteiger partial charge in [0.1, 0.15) is 12.4 Å². The Labute approximate surface area is 196 Å². The molecular weight excluding hydrogens is 442 g/mol. The van der Waals surface area contributed by atoms with Crippen molar-refractivity contribution in [1.29, 1.82) is 0 Å². The van der Waals surface area contributed by atoms with Crippen LogP contribution < -0.4 is 10.1 Å². The Morgan fingerprint density at radius 1 is 1.15 bits per heavy atom. The zero-order chi connectivity index (χ0) is 24.0. The summed E-state index contributed by atoms with van der Waals surface area (Å²) < 4.78 is 38.7. The van der Waals surface area contributed by atoms with Gasteiger partial charge in [-0.25, -0.2) is 8.42 Å². The molecule has 1 N–H and O–H groups in total. The van der Waals surface area contributed by atoms with E-state index in [1.54, 1.807) is 19.1 Å². The molecule has 0 radical (unpaired) electrons. The first kappa shape index (κ1) is 25.2. The third kappa shape index (κ3) is 6.32. The molecule has 1 atom stereocenters. The number of hydrogen-bond acceptors (Lipinski definition) is 6. The molecule has 1 amide bonds. The summed E-state index contributed by atoms with van der Waals surface area (Å²) in [5.74, 6) is 0.614. The van der Waals surface area contributed by atoms with E-state index in [-0.39, 0.29) is 10.8 Å². The number of morpholine rings is 1. The van der Waals surface area contributed by atoms with Gasteiger partial charge in [0.05, 0.1) is 24.2 Å². The number of carbonyl (C=O) groups is 1. The second-order valence-electron chi connectivity index (χ2n) is 8.26. The van der Waals surface area contributed by atoms with Crippen molar-refractivity contribution in [2.75, 3.05) is 51.8 Å². The van der Waals surface area contributed by atoms with Gasteiger partial charge in [-0.1, -0.05) is 24.3 Å². The van der Waals surface area contributed by atoms with Crippen molar-refractivity contribution in [2.24, 2.45) is 0 Å². The van der Waals surface area contributed by atoms with Crippen LogP contribution in [0, 0.1) is 13.8 Å². The van der Waals surface area contributed by atoms with Gasteiger partial charge in [0.2, 0.25) is 15.9 Å². The van der Waals surface area contributed by atoms with Crippen molar-refractivity contribution in [3.8, 4) is 5.75 Å². The highest BCUT2D eigenvalue weighted by Crippen LogP contribution is 2.24. The second-order valence-corrected chi connectivity index (χ2v) is 10.2. The number of aryl methyl sites for hydroxylation is 2. The summed E-state index contributed by atoms with van der Waals surface area (Å²) in [6.07, 6.45) is 0. The van der Waals surface area contributed by atoms with Crippen LogP contribution in [-0.4, -0.2) is 76.1 Å². The Kier molecular flexibility index (Phi) is 8.47. The Hall–Kier alpha value is -2.46. The number of sulfonamides is 1. The molecule has 0 bridgehead atoms. The predicted octanol–water partition coefficient (Wildman–Crippen LogP) is 2.66. The molecular formula is C24H33N3O5S. The fourth-order valence-corrected chi connectivity index (χ4v) is 5.20. The quantitative estimate of drug-likeness (QED) is 0.600. The average Bonchev–Trinajstić information content (AvgIpc) is 2.81. The highest BCUT2D eigenvalue weighted by molar-refractivity contribution is 7.89. The molecule has 1 aliphatic heterocycles. The fourth-order valence-electron chi connectivity index (χ4n) is 3.54. The minimum atomic E-state index is -3.65. The molecule has 1 unspecified atom stereocenters. The van der Waals surface area contributed by atoms with Crippen LogP contribution in [0.5, 0.6) is 5.75 Å². The summed E-state index contributed by atoms with van der Waals surface area (Å²) in [6.45, 7) is 7.98. The van der Waals surface area contributed by atoms with Crippen molar-refractivity contribution < 1.29 is 22.7 Å². The molecule has 1 aliphatic rings. The Morgan fingerprint density at radius 3 is 2.55 bits per heavy atom. The van der Waals surface area contributed by atoms with E-state index in [1.807, 2.05) is 50.1 Å². The van der Waals surface area contributed by atoms with Crippen molar-refractivity contribution in [3.63, 3.8) is 0 Å². The average molecular weight is 476 g/mol. The van der Waals surface area contributed by atoms with E-state index in [2.05, 4.69) is 5.32 Å². The van der Waals surface area contributed by atoms with Crippen molar-refractivity contribution in [2.45, 2.75) is 31.7 Å². The lowest BCUT2D eigenvalue weighted by atomic mass is 10.2. The molecule has 0 aliphatic carbocycles. The number of carbonyl (C=O) groups excluding carboxylic acids is 1.